The number of β-lactam (4-membered cyclic amide) rings is 1. The molecule has 1 aromatic carbocycles. The minimum Gasteiger partial charge on any atom is -0.478 e. The summed E-state index contributed by atoms with van der Waals surface area (Å²) in [5, 5.41) is 8.16. The Morgan fingerprint density at radius 3 is 2.43 bits per heavy atom. The van der Waals surface area contributed by atoms with E-state index in [2.05, 4.69) is 0 Å². The Kier molecular flexibility index (Phi) is 4.37. The maximum atomic E-state index is 12.1. The van der Waals surface area contributed by atoms with Crippen LogP contribution < -0.4 is 5.73 Å². The number of carboxylic acid groups (broad SMARTS) is 1. The summed E-state index contributed by atoms with van der Waals surface area (Å²) in [7, 11) is -1.40. The molecule has 21 heavy (non-hydrogen) atoms. The van der Waals surface area contributed by atoms with Gasteiger partial charge < -0.3 is 15.7 Å². The van der Waals surface area contributed by atoms with Crippen molar-refractivity contribution in [2.24, 2.45) is 5.73 Å². The predicted molar refractivity (Wildman–Crippen MR) is 74.8 cm³/mol. The molecule has 0 aliphatic carbocycles. The SMILES string of the molecule is NC(=O)CN1CC(S(=O)Cc2ccc(C(=O)O)cc2)C1=O. The van der Waals surface area contributed by atoms with E-state index in [1.807, 2.05) is 0 Å². The van der Waals surface area contributed by atoms with Crippen molar-refractivity contribution in [2.45, 2.75) is 11.0 Å². The molecule has 112 valence electrons. The van der Waals surface area contributed by atoms with Gasteiger partial charge in [-0.1, -0.05) is 12.1 Å². The molecule has 2 atom stereocenters. The first-order chi connectivity index (χ1) is 9.88. The van der Waals surface area contributed by atoms with Crippen LogP contribution in [0.5, 0.6) is 0 Å². The topological polar surface area (TPSA) is 118 Å². The number of rotatable bonds is 6. The van der Waals surface area contributed by atoms with E-state index >= 15 is 0 Å². The summed E-state index contributed by atoms with van der Waals surface area (Å²) in [5.74, 6) is -1.80. The summed E-state index contributed by atoms with van der Waals surface area (Å²) in [5.41, 5.74) is 5.84. The van der Waals surface area contributed by atoms with Gasteiger partial charge in [0, 0.05) is 23.1 Å². The number of amides is 2. The number of carboxylic acids is 1. The van der Waals surface area contributed by atoms with E-state index in [9.17, 15) is 18.6 Å². The predicted octanol–water partition coefficient (Wildman–Crippen LogP) is -0.670. The van der Waals surface area contributed by atoms with E-state index in [0.29, 0.717) is 5.56 Å². The van der Waals surface area contributed by atoms with Crippen molar-refractivity contribution in [2.75, 3.05) is 13.1 Å². The molecule has 1 aromatic rings. The highest BCUT2D eigenvalue weighted by Gasteiger charge is 2.41. The second kappa shape index (κ2) is 6.04. The van der Waals surface area contributed by atoms with E-state index in [1.165, 1.54) is 17.0 Å². The van der Waals surface area contributed by atoms with Gasteiger partial charge in [-0.2, -0.15) is 0 Å². The van der Waals surface area contributed by atoms with E-state index in [4.69, 9.17) is 10.8 Å². The van der Waals surface area contributed by atoms with E-state index in [-0.39, 0.29) is 30.3 Å². The highest BCUT2D eigenvalue weighted by atomic mass is 32.2. The van der Waals surface area contributed by atoms with Crippen LogP contribution in [0, 0.1) is 0 Å². The van der Waals surface area contributed by atoms with Crippen LogP contribution in [0.4, 0.5) is 0 Å². The molecule has 2 rings (SSSR count). The van der Waals surface area contributed by atoms with Gasteiger partial charge in [0.1, 0.15) is 5.25 Å². The van der Waals surface area contributed by atoms with Crippen molar-refractivity contribution in [3.05, 3.63) is 35.4 Å². The lowest BCUT2D eigenvalue weighted by Gasteiger charge is -2.36. The van der Waals surface area contributed by atoms with Crippen LogP contribution in [0.25, 0.3) is 0 Å². The molecule has 8 heteroatoms. The Labute approximate surface area is 123 Å². The molecule has 0 spiro atoms. The van der Waals surface area contributed by atoms with E-state index < -0.39 is 27.9 Å². The molecule has 1 heterocycles. The van der Waals surface area contributed by atoms with Crippen LogP contribution >= 0.6 is 0 Å². The van der Waals surface area contributed by atoms with Crippen molar-refractivity contribution in [1.29, 1.82) is 0 Å². The fraction of sp³-hybridized carbons (Fsp3) is 0.308. The van der Waals surface area contributed by atoms with Gasteiger partial charge in [-0.25, -0.2) is 4.79 Å². The molecular formula is C13H14N2O5S. The van der Waals surface area contributed by atoms with Gasteiger partial charge in [0.15, 0.2) is 0 Å². The van der Waals surface area contributed by atoms with Gasteiger partial charge in [-0.15, -0.1) is 0 Å². The average Bonchev–Trinajstić information content (AvgIpc) is 2.42. The number of nitrogens with two attached hydrogens (primary N) is 1. The van der Waals surface area contributed by atoms with E-state index in [0.717, 1.165) is 0 Å². The van der Waals surface area contributed by atoms with E-state index in [1.54, 1.807) is 12.1 Å². The number of hydrogen-bond acceptors (Lipinski definition) is 4. The fourth-order valence-electron chi connectivity index (χ4n) is 1.99. The maximum Gasteiger partial charge on any atom is 0.335 e. The van der Waals surface area contributed by atoms with Crippen LogP contribution in [0.15, 0.2) is 24.3 Å². The van der Waals surface area contributed by atoms with Crippen molar-refractivity contribution in [3.8, 4) is 0 Å². The lowest BCUT2D eigenvalue weighted by atomic mass is 10.1. The Hall–Kier alpha value is -2.22. The average molecular weight is 310 g/mol. The zero-order valence-corrected chi connectivity index (χ0v) is 11.8. The molecule has 2 unspecified atom stereocenters. The molecule has 0 radical (unpaired) electrons. The van der Waals surface area contributed by atoms with Gasteiger partial charge >= 0.3 is 5.97 Å². The quantitative estimate of drug-likeness (QED) is 0.676. The van der Waals surface area contributed by atoms with Crippen LogP contribution in [0.1, 0.15) is 15.9 Å². The van der Waals surface area contributed by atoms with Crippen LogP contribution in [0.2, 0.25) is 0 Å². The van der Waals surface area contributed by atoms with Gasteiger partial charge in [-0.05, 0) is 17.7 Å². The first-order valence-electron chi connectivity index (χ1n) is 6.15. The zero-order chi connectivity index (χ0) is 15.6. The Bertz CT molecular complexity index is 613. The Morgan fingerprint density at radius 1 is 1.33 bits per heavy atom. The highest BCUT2D eigenvalue weighted by Crippen LogP contribution is 2.19. The van der Waals surface area contributed by atoms with Crippen LogP contribution in [-0.4, -0.2) is 50.3 Å². The number of nitrogens with zero attached hydrogens (tertiary/aromatic N) is 1. The monoisotopic (exact) mass is 310 g/mol. The number of primary amides is 1. The number of aromatic carboxylic acids is 1. The first-order valence-corrected chi connectivity index (χ1v) is 7.53. The molecule has 3 N–H and O–H groups in total. The Balaban J connectivity index is 1.92. The number of likely N-dealkylation sites (tertiary alicyclic amines) is 1. The standard InChI is InChI=1S/C13H14N2O5S/c14-11(16)6-15-5-10(12(15)17)21(20)7-8-1-3-9(4-2-8)13(18)19/h1-4,10H,5-7H2,(H2,14,16)(H,18,19). The molecular weight excluding hydrogens is 296 g/mol. The van der Waals surface area contributed by atoms with Crippen molar-refractivity contribution in [3.63, 3.8) is 0 Å². The lowest BCUT2D eigenvalue weighted by molar-refractivity contribution is -0.142. The molecule has 0 bridgehead atoms. The Morgan fingerprint density at radius 2 is 1.95 bits per heavy atom. The summed E-state index contributed by atoms with van der Waals surface area (Å²) in [6.45, 7) is 0.0986. The van der Waals surface area contributed by atoms with Crippen molar-refractivity contribution in [1.82, 2.24) is 4.90 Å². The molecule has 0 aromatic heterocycles. The van der Waals surface area contributed by atoms with Gasteiger partial charge in [0.2, 0.25) is 11.8 Å². The smallest absolute Gasteiger partial charge is 0.335 e. The fourth-order valence-corrected chi connectivity index (χ4v) is 3.44. The van der Waals surface area contributed by atoms with Gasteiger partial charge in [0.05, 0.1) is 12.1 Å². The first kappa shape index (κ1) is 15.2. The molecule has 1 aliphatic heterocycles. The minimum absolute atomic E-state index is 0.150. The second-order valence-electron chi connectivity index (χ2n) is 4.70. The van der Waals surface area contributed by atoms with Crippen molar-refractivity contribution >= 4 is 28.6 Å². The molecule has 7 nitrogen and oxygen atoms in total. The van der Waals surface area contributed by atoms with Gasteiger partial charge in [0.25, 0.3) is 0 Å². The summed E-state index contributed by atoms with van der Waals surface area (Å²) >= 11 is 0. The minimum atomic E-state index is -1.40. The summed E-state index contributed by atoms with van der Waals surface area (Å²) in [6.07, 6.45) is 0. The molecule has 1 fully saturated rings. The third kappa shape index (κ3) is 3.46. The van der Waals surface area contributed by atoms with Crippen molar-refractivity contribution < 1.29 is 23.7 Å². The highest BCUT2D eigenvalue weighted by molar-refractivity contribution is 7.85. The number of hydrogen-bond donors (Lipinski definition) is 2. The summed E-state index contributed by atoms with van der Waals surface area (Å²) in [6, 6.07) is 6.01. The zero-order valence-electron chi connectivity index (χ0n) is 11.0. The molecule has 2 amide bonds. The van der Waals surface area contributed by atoms with Gasteiger partial charge in [-0.3, -0.25) is 13.8 Å². The number of carbonyl (C=O) groups excluding carboxylic acids is 2. The van der Waals surface area contributed by atoms with Crippen LogP contribution in [0.3, 0.4) is 0 Å². The maximum absolute atomic E-state index is 12.1. The molecule has 1 aliphatic rings. The third-order valence-electron chi connectivity index (χ3n) is 3.15. The third-order valence-corrected chi connectivity index (χ3v) is 4.75. The molecule has 0 saturated carbocycles. The largest absolute Gasteiger partial charge is 0.478 e. The summed E-state index contributed by atoms with van der Waals surface area (Å²) in [4.78, 5) is 34.4. The number of carbonyl (C=O) groups is 3. The lowest BCUT2D eigenvalue weighted by Crippen LogP contribution is -2.60. The second-order valence-corrected chi connectivity index (χ2v) is 6.32. The summed E-state index contributed by atoms with van der Waals surface area (Å²) < 4.78 is 12.1. The van der Waals surface area contributed by atoms with Crippen LogP contribution in [-0.2, 0) is 26.1 Å². The normalized spacial score (nSPS) is 19.0. The molecule has 1 saturated heterocycles. The number of benzene rings is 1.